The largest absolute Gasteiger partial charge is 0.271 e. The van der Waals surface area contributed by atoms with Crippen LogP contribution in [0.5, 0.6) is 0 Å². The lowest BCUT2D eigenvalue weighted by Crippen LogP contribution is -2.31. The van der Waals surface area contributed by atoms with Crippen LogP contribution in [0.25, 0.3) is 0 Å². The molecule has 1 aromatic heterocycles. The van der Waals surface area contributed by atoms with E-state index in [9.17, 15) is 0 Å². The maximum Gasteiger partial charge on any atom is 0.0719 e. The highest BCUT2D eigenvalue weighted by Gasteiger charge is 2.12. The van der Waals surface area contributed by atoms with Crippen LogP contribution in [-0.2, 0) is 7.05 Å². The molecule has 1 rings (SSSR count). The van der Waals surface area contributed by atoms with Crippen molar-refractivity contribution in [3.8, 4) is 0 Å². The average molecular weight is 200 g/mol. The molecule has 1 unspecified atom stereocenters. The molecule has 0 aliphatic carbocycles. The topological polar surface area (TPSA) is 55.9 Å². The molecule has 4 nitrogen and oxygen atoms in total. The number of hydrazine groups is 1. The first-order valence-electron chi connectivity index (χ1n) is 4.31. The lowest BCUT2D eigenvalue weighted by Gasteiger charge is -2.14. The molecule has 0 aromatic carbocycles. The second kappa shape index (κ2) is 5.26. The highest BCUT2D eigenvalue weighted by atomic mass is 32.2. The minimum Gasteiger partial charge on any atom is -0.271 e. The number of aromatic nitrogens is 2. The van der Waals surface area contributed by atoms with Gasteiger partial charge in [0.1, 0.15) is 0 Å². The van der Waals surface area contributed by atoms with Gasteiger partial charge in [0.2, 0.25) is 0 Å². The van der Waals surface area contributed by atoms with Crippen LogP contribution in [0.15, 0.2) is 12.3 Å². The molecule has 0 saturated carbocycles. The van der Waals surface area contributed by atoms with Crippen LogP contribution in [0.4, 0.5) is 0 Å². The van der Waals surface area contributed by atoms with Crippen LogP contribution in [-0.4, -0.2) is 21.3 Å². The molecule has 13 heavy (non-hydrogen) atoms. The second-order valence-electron chi connectivity index (χ2n) is 2.76. The Kier molecular flexibility index (Phi) is 4.27. The van der Waals surface area contributed by atoms with Gasteiger partial charge in [-0.25, -0.2) is 0 Å². The van der Waals surface area contributed by atoms with Gasteiger partial charge in [-0.05, 0) is 11.8 Å². The third kappa shape index (κ3) is 2.72. The van der Waals surface area contributed by atoms with Gasteiger partial charge in [0.05, 0.1) is 11.7 Å². The Morgan fingerprint density at radius 3 is 3.00 bits per heavy atom. The number of thioether (sulfide) groups is 1. The molecule has 0 amide bonds. The van der Waals surface area contributed by atoms with E-state index < -0.39 is 0 Å². The predicted molar refractivity (Wildman–Crippen MR) is 56.3 cm³/mol. The fraction of sp³-hybridized carbons (Fsp3) is 0.625. The van der Waals surface area contributed by atoms with Crippen molar-refractivity contribution in [2.45, 2.75) is 13.0 Å². The van der Waals surface area contributed by atoms with Crippen LogP contribution in [0, 0.1) is 0 Å². The van der Waals surface area contributed by atoms with E-state index in [1.54, 1.807) is 6.20 Å². The average Bonchev–Trinajstić information content (AvgIpc) is 2.54. The number of hydrogen-bond donors (Lipinski definition) is 2. The van der Waals surface area contributed by atoms with Crippen molar-refractivity contribution in [2.75, 3.05) is 11.5 Å². The van der Waals surface area contributed by atoms with Gasteiger partial charge in [-0.1, -0.05) is 6.92 Å². The molecule has 0 spiro atoms. The zero-order valence-corrected chi connectivity index (χ0v) is 8.84. The van der Waals surface area contributed by atoms with Crippen molar-refractivity contribution in [1.82, 2.24) is 15.2 Å². The summed E-state index contributed by atoms with van der Waals surface area (Å²) in [7, 11) is 1.93. The summed E-state index contributed by atoms with van der Waals surface area (Å²) < 4.78 is 1.85. The van der Waals surface area contributed by atoms with E-state index >= 15 is 0 Å². The molecule has 1 heterocycles. The van der Waals surface area contributed by atoms with Crippen LogP contribution in [0.1, 0.15) is 18.7 Å². The third-order valence-electron chi connectivity index (χ3n) is 1.91. The molecule has 0 aliphatic heterocycles. The highest BCUT2D eigenvalue weighted by Crippen LogP contribution is 2.16. The van der Waals surface area contributed by atoms with Gasteiger partial charge in [-0.15, -0.1) is 0 Å². The van der Waals surface area contributed by atoms with Gasteiger partial charge >= 0.3 is 0 Å². The maximum atomic E-state index is 5.47. The molecule has 0 saturated heterocycles. The van der Waals surface area contributed by atoms with Gasteiger partial charge in [0.15, 0.2) is 0 Å². The summed E-state index contributed by atoms with van der Waals surface area (Å²) in [6, 6.07) is 2.18. The first kappa shape index (κ1) is 10.6. The molecule has 1 aromatic rings. The van der Waals surface area contributed by atoms with Crippen LogP contribution < -0.4 is 11.3 Å². The Hall–Kier alpha value is -0.520. The molecule has 1 atom stereocenters. The van der Waals surface area contributed by atoms with Crippen molar-refractivity contribution in [1.29, 1.82) is 0 Å². The molecule has 0 aliphatic rings. The first-order chi connectivity index (χ1) is 6.29. The molecule has 3 N–H and O–H groups in total. The normalized spacial score (nSPS) is 13.2. The molecular weight excluding hydrogens is 184 g/mol. The lowest BCUT2D eigenvalue weighted by molar-refractivity contribution is 0.554. The maximum absolute atomic E-state index is 5.47. The van der Waals surface area contributed by atoms with Crippen LogP contribution in [0.3, 0.4) is 0 Å². The van der Waals surface area contributed by atoms with Crippen molar-refractivity contribution in [3.63, 3.8) is 0 Å². The summed E-state index contributed by atoms with van der Waals surface area (Å²) in [5.41, 5.74) is 3.93. The predicted octanol–water partition coefficient (Wildman–Crippen LogP) is 0.678. The number of nitrogens with zero attached hydrogens (tertiary/aromatic N) is 2. The summed E-state index contributed by atoms with van der Waals surface area (Å²) in [6.45, 7) is 2.14. The minimum atomic E-state index is 0.192. The van der Waals surface area contributed by atoms with Gasteiger partial charge in [-0.3, -0.25) is 16.0 Å². The molecule has 5 heteroatoms. The fourth-order valence-electron chi connectivity index (χ4n) is 1.18. The number of nitrogens with two attached hydrogens (primary N) is 1. The Bertz CT molecular complexity index is 248. The molecule has 0 fully saturated rings. The molecule has 0 radical (unpaired) electrons. The Morgan fingerprint density at radius 1 is 1.77 bits per heavy atom. The summed E-state index contributed by atoms with van der Waals surface area (Å²) in [4.78, 5) is 0. The summed E-state index contributed by atoms with van der Waals surface area (Å²) in [6.07, 6.45) is 1.79. The van der Waals surface area contributed by atoms with Crippen molar-refractivity contribution in [2.24, 2.45) is 12.9 Å². The van der Waals surface area contributed by atoms with Crippen molar-refractivity contribution in [3.05, 3.63) is 18.0 Å². The Morgan fingerprint density at radius 2 is 2.54 bits per heavy atom. The monoisotopic (exact) mass is 200 g/mol. The summed E-state index contributed by atoms with van der Waals surface area (Å²) >= 11 is 1.86. The fourth-order valence-corrected chi connectivity index (χ4v) is 1.92. The smallest absolute Gasteiger partial charge is 0.0719 e. The van der Waals surface area contributed by atoms with E-state index in [0.717, 1.165) is 17.2 Å². The van der Waals surface area contributed by atoms with E-state index in [1.165, 1.54) is 0 Å². The zero-order valence-electron chi connectivity index (χ0n) is 8.03. The quantitative estimate of drug-likeness (QED) is 0.542. The van der Waals surface area contributed by atoms with E-state index in [2.05, 4.69) is 17.4 Å². The number of hydrogen-bond acceptors (Lipinski definition) is 4. The van der Waals surface area contributed by atoms with Gasteiger partial charge in [0, 0.05) is 19.0 Å². The van der Waals surface area contributed by atoms with Crippen molar-refractivity contribution >= 4 is 11.8 Å². The zero-order chi connectivity index (χ0) is 9.68. The third-order valence-corrected chi connectivity index (χ3v) is 2.88. The Labute approximate surface area is 82.8 Å². The van der Waals surface area contributed by atoms with E-state index in [1.807, 2.05) is 29.6 Å². The van der Waals surface area contributed by atoms with E-state index in [-0.39, 0.29) is 6.04 Å². The van der Waals surface area contributed by atoms with Gasteiger partial charge < -0.3 is 0 Å². The minimum absolute atomic E-state index is 0.192. The Balaban J connectivity index is 2.61. The van der Waals surface area contributed by atoms with E-state index in [4.69, 9.17) is 5.84 Å². The first-order valence-corrected chi connectivity index (χ1v) is 5.46. The SMILES string of the molecule is CCSCC(NN)c1ccnn1C. The van der Waals surface area contributed by atoms with Crippen LogP contribution >= 0.6 is 11.8 Å². The molecule has 74 valence electrons. The highest BCUT2D eigenvalue weighted by molar-refractivity contribution is 7.99. The number of rotatable bonds is 5. The molecule has 0 bridgehead atoms. The van der Waals surface area contributed by atoms with Crippen molar-refractivity contribution < 1.29 is 0 Å². The number of nitrogens with one attached hydrogen (secondary N) is 1. The van der Waals surface area contributed by atoms with Gasteiger partial charge in [-0.2, -0.15) is 16.9 Å². The summed E-state index contributed by atoms with van der Waals surface area (Å²) in [5.74, 6) is 7.56. The van der Waals surface area contributed by atoms with Crippen LogP contribution in [0.2, 0.25) is 0 Å². The van der Waals surface area contributed by atoms with Gasteiger partial charge in [0.25, 0.3) is 0 Å². The number of aryl methyl sites for hydroxylation is 1. The lowest BCUT2D eigenvalue weighted by atomic mass is 10.2. The standard InChI is InChI=1S/C8H16N4S/c1-3-13-6-7(11-9)8-4-5-10-12(8)2/h4-5,7,11H,3,6,9H2,1-2H3. The molecular formula is C8H16N4S. The van der Waals surface area contributed by atoms with E-state index in [0.29, 0.717) is 0 Å². The summed E-state index contributed by atoms with van der Waals surface area (Å²) in [5, 5.41) is 4.11. The second-order valence-corrected chi connectivity index (χ2v) is 4.08.